The third-order valence-corrected chi connectivity index (χ3v) is 6.66. The van der Waals surface area contributed by atoms with Crippen molar-refractivity contribution in [3.05, 3.63) is 40.5 Å². The quantitative estimate of drug-likeness (QED) is 0.364. The van der Waals surface area contributed by atoms with E-state index in [1.165, 1.54) is 49.9 Å². The van der Waals surface area contributed by atoms with Gasteiger partial charge in [0.15, 0.2) is 12.2 Å². The summed E-state index contributed by atoms with van der Waals surface area (Å²) in [5, 5.41) is 37.0. The van der Waals surface area contributed by atoms with Gasteiger partial charge in [-0.1, -0.05) is 22.0 Å². The van der Waals surface area contributed by atoms with Gasteiger partial charge in [-0.15, -0.1) is 0 Å². The number of hydrogen-bond acceptors (Lipinski definition) is 7. The van der Waals surface area contributed by atoms with Crippen LogP contribution in [-0.4, -0.2) is 86.2 Å². The molecule has 0 aliphatic carbocycles. The summed E-state index contributed by atoms with van der Waals surface area (Å²) in [6.45, 7) is 8.18. The number of rotatable bonds is 6. The summed E-state index contributed by atoms with van der Waals surface area (Å²) in [5.74, 6) is -3.54. The second kappa shape index (κ2) is 14.4. The molecule has 9 nitrogen and oxygen atoms in total. The lowest BCUT2D eigenvalue weighted by atomic mass is 10.1. The maximum Gasteiger partial charge on any atom is 0.335 e. The van der Waals surface area contributed by atoms with Crippen LogP contribution in [-0.2, 0) is 16.0 Å². The highest BCUT2D eigenvalue weighted by molar-refractivity contribution is 9.10. The maximum absolute atomic E-state index is 9.77. The van der Waals surface area contributed by atoms with E-state index >= 15 is 0 Å². The summed E-state index contributed by atoms with van der Waals surface area (Å²) in [6.07, 6.45) is 1.96. The summed E-state index contributed by atoms with van der Waals surface area (Å²) in [6, 6.07) is 12.1. The number of aromatic nitrogens is 1. The lowest BCUT2D eigenvalue weighted by Gasteiger charge is -2.20. The molecule has 0 amide bonds. The SMILES string of the molecule is C[C@@H]1CCCN1.C[C@@H]1CCCN1CCc1ccc2cc(Br)ccc2n1.O=C(O)[C@H](O)[C@@H](O)C(=O)O. The molecule has 2 aliphatic rings. The highest BCUT2D eigenvalue weighted by Crippen LogP contribution is 2.20. The predicted molar refractivity (Wildman–Crippen MR) is 137 cm³/mol. The number of hydrogen-bond donors (Lipinski definition) is 5. The Bertz CT molecular complexity index is 951. The zero-order valence-electron chi connectivity index (χ0n) is 20.2. The molecule has 2 aliphatic heterocycles. The molecule has 2 saturated heterocycles. The van der Waals surface area contributed by atoms with Gasteiger partial charge in [0, 0.05) is 40.6 Å². The Balaban J connectivity index is 0.000000226. The van der Waals surface area contributed by atoms with E-state index in [4.69, 9.17) is 25.4 Å². The van der Waals surface area contributed by atoms with E-state index in [0.717, 1.165) is 35.0 Å². The fourth-order valence-corrected chi connectivity index (χ4v) is 4.37. The fraction of sp³-hybridized carbons (Fsp3) is 0.560. The Labute approximate surface area is 214 Å². The lowest BCUT2D eigenvalue weighted by Crippen LogP contribution is -2.39. The van der Waals surface area contributed by atoms with Gasteiger partial charge in [-0.05, 0) is 76.9 Å². The van der Waals surface area contributed by atoms with Crippen molar-refractivity contribution in [2.45, 2.75) is 70.2 Å². The van der Waals surface area contributed by atoms with Crippen molar-refractivity contribution in [3.63, 3.8) is 0 Å². The van der Waals surface area contributed by atoms with Crippen molar-refractivity contribution in [3.8, 4) is 0 Å². The summed E-state index contributed by atoms with van der Waals surface area (Å²) >= 11 is 3.50. The van der Waals surface area contributed by atoms with Crippen LogP contribution in [0, 0.1) is 0 Å². The number of aliphatic hydroxyl groups excluding tert-OH is 2. The molecule has 0 bridgehead atoms. The molecule has 4 rings (SSSR count). The largest absolute Gasteiger partial charge is 0.479 e. The van der Waals surface area contributed by atoms with E-state index in [2.05, 4.69) is 70.3 Å². The van der Waals surface area contributed by atoms with Crippen LogP contribution in [0.4, 0.5) is 0 Å². The second-order valence-corrected chi connectivity index (χ2v) is 9.90. The van der Waals surface area contributed by atoms with Gasteiger partial charge < -0.3 is 30.6 Å². The number of aliphatic carboxylic acids is 2. The molecule has 2 fully saturated rings. The predicted octanol–water partition coefficient (Wildman–Crippen LogP) is 2.66. The van der Waals surface area contributed by atoms with Gasteiger partial charge in [0.05, 0.1) is 5.52 Å². The fourth-order valence-electron chi connectivity index (χ4n) is 3.99. The third-order valence-electron chi connectivity index (χ3n) is 6.17. The minimum atomic E-state index is -2.27. The van der Waals surface area contributed by atoms with Crippen LogP contribution < -0.4 is 5.32 Å². The molecule has 1 aromatic heterocycles. The smallest absolute Gasteiger partial charge is 0.335 e. The molecule has 4 atom stereocenters. The van der Waals surface area contributed by atoms with E-state index in [1.54, 1.807) is 0 Å². The number of aliphatic hydroxyl groups is 2. The Morgan fingerprint density at radius 2 is 1.77 bits per heavy atom. The van der Waals surface area contributed by atoms with Gasteiger partial charge in [-0.2, -0.15) is 0 Å². The first-order valence-corrected chi connectivity index (χ1v) is 12.7. The van der Waals surface area contributed by atoms with E-state index in [-0.39, 0.29) is 0 Å². The number of benzene rings is 1. The normalized spacial score (nSPS) is 21.4. The standard InChI is InChI=1S/C16H19BrN2.C5H11N.C4H6O6/c1-12-3-2-9-19(12)10-8-15-6-4-13-11-14(17)5-7-16(13)18-15;1-5-3-2-4-6-5;5-1(3(7)8)2(6)4(9)10/h4-7,11-12H,2-3,8-10H2,1H3;5-6H,2-4H2,1H3;1-2,5-6H,(H,7,8)(H,9,10)/t12-;5-;1-,2-/m111/s1. The number of carboxylic acids is 2. The Morgan fingerprint density at radius 3 is 2.26 bits per heavy atom. The second-order valence-electron chi connectivity index (χ2n) is 8.98. The topological polar surface area (TPSA) is 143 Å². The molecule has 3 heterocycles. The summed E-state index contributed by atoms with van der Waals surface area (Å²) in [4.78, 5) is 26.9. The van der Waals surface area contributed by atoms with Gasteiger partial charge in [0.25, 0.3) is 0 Å². The molecule has 0 unspecified atom stereocenters. The van der Waals surface area contributed by atoms with Crippen LogP contribution in [0.3, 0.4) is 0 Å². The number of halogens is 1. The van der Waals surface area contributed by atoms with Crippen molar-refractivity contribution in [1.82, 2.24) is 15.2 Å². The molecular weight excluding hydrogens is 518 g/mol. The van der Waals surface area contributed by atoms with Gasteiger partial charge in [-0.25, -0.2) is 9.59 Å². The summed E-state index contributed by atoms with van der Waals surface area (Å²) < 4.78 is 1.11. The monoisotopic (exact) mass is 553 g/mol. The Kier molecular flexibility index (Phi) is 12.0. The van der Waals surface area contributed by atoms with Crippen molar-refractivity contribution < 1.29 is 30.0 Å². The van der Waals surface area contributed by atoms with Crippen LogP contribution in [0.5, 0.6) is 0 Å². The van der Waals surface area contributed by atoms with Gasteiger partial charge in [0.2, 0.25) is 0 Å². The van der Waals surface area contributed by atoms with E-state index in [0.29, 0.717) is 0 Å². The molecule has 10 heteroatoms. The highest BCUT2D eigenvalue weighted by Gasteiger charge is 2.29. The van der Waals surface area contributed by atoms with Gasteiger partial charge in [-0.3, -0.25) is 4.98 Å². The number of carbonyl (C=O) groups is 2. The number of carboxylic acid groups (broad SMARTS) is 2. The van der Waals surface area contributed by atoms with E-state index in [9.17, 15) is 9.59 Å². The molecule has 35 heavy (non-hydrogen) atoms. The number of pyridine rings is 1. The Hall–Kier alpha value is -2.11. The van der Waals surface area contributed by atoms with Crippen LogP contribution in [0.1, 0.15) is 45.2 Å². The van der Waals surface area contributed by atoms with E-state index < -0.39 is 24.1 Å². The van der Waals surface area contributed by atoms with Crippen LogP contribution >= 0.6 is 15.9 Å². The Morgan fingerprint density at radius 1 is 1.09 bits per heavy atom. The lowest BCUT2D eigenvalue weighted by molar-refractivity contribution is -0.165. The first-order chi connectivity index (χ1) is 16.6. The average Bonchev–Trinajstić information content (AvgIpc) is 3.47. The molecule has 194 valence electrons. The third kappa shape index (κ3) is 9.81. The van der Waals surface area contributed by atoms with Crippen molar-refractivity contribution in [2.24, 2.45) is 0 Å². The molecular formula is C25H36BrN3O6. The minimum Gasteiger partial charge on any atom is -0.479 e. The number of nitrogens with one attached hydrogen (secondary N) is 1. The molecule has 2 aromatic rings. The zero-order chi connectivity index (χ0) is 26.0. The van der Waals surface area contributed by atoms with Gasteiger partial charge in [0.1, 0.15) is 0 Å². The maximum atomic E-state index is 9.77. The summed E-state index contributed by atoms with van der Waals surface area (Å²) in [5.41, 5.74) is 2.30. The molecule has 5 N–H and O–H groups in total. The number of fused-ring (bicyclic) bond motifs is 1. The first-order valence-electron chi connectivity index (χ1n) is 11.9. The van der Waals surface area contributed by atoms with Gasteiger partial charge >= 0.3 is 11.9 Å². The molecule has 0 radical (unpaired) electrons. The zero-order valence-corrected chi connectivity index (χ0v) is 21.8. The van der Waals surface area contributed by atoms with E-state index in [1.807, 2.05) is 0 Å². The van der Waals surface area contributed by atoms with Crippen LogP contribution in [0.2, 0.25) is 0 Å². The highest BCUT2D eigenvalue weighted by atomic mass is 79.9. The van der Waals surface area contributed by atoms with Crippen molar-refractivity contribution >= 4 is 38.8 Å². The van der Waals surface area contributed by atoms with Crippen molar-refractivity contribution in [1.29, 1.82) is 0 Å². The molecule has 1 aromatic carbocycles. The van der Waals surface area contributed by atoms with Crippen LogP contribution in [0.25, 0.3) is 10.9 Å². The molecule has 0 spiro atoms. The summed E-state index contributed by atoms with van der Waals surface area (Å²) in [7, 11) is 0. The molecule has 0 saturated carbocycles. The van der Waals surface area contributed by atoms with Crippen molar-refractivity contribution in [2.75, 3.05) is 19.6 Å². The van der Waals surface area contributed by atoms with Crippen LogP contribution in [0.15, 0.2) is 34.8 Å². The average molecular weight is 554 g/mol. The first kappa shape index (κ1) is 29.1. The number of likely N-dealkylation sites (tertiary alicyclic amines) is 1. The number of nitrogens with zero attached hydrogens (tertiary/aromatic N) is 2. The minimum absolute atomic E-state index is 0.747.